The summed E-state index contributed by atoms with van der Waals surface area (Å²) in [6.45, 7) is 5.89. The van der Waals surface area contributed by atoms with Crippen molar-refractivity contribution >= 4 is 23.2 Å². The van der Waals surface area contributed by atoms with E-state index in [0.29, 0.717) is 28.0 Å². The Kier molecular flexibility index (Phi) is 5.37. The van der Waals surface area contributed by atoms with Crippen LogP contribution < -0.4 is 5.32 Å². The zero-order chi connectivity index (χ0) is 21.3. The number of hydrogen-bond acceptors (Lipinski definition) is 5. The van der Waals surface area contributed by atoms with Crippen LogP contribution in [0.15, 0.2) is 59.3 Å². The molecule has 7 nitrogen and oxygen atoms in total. The number of aryl methyl sites for hydroxylation is 1. The zero-order valence-electron chi connectivity index (χ0n) is 16.8. The molecule has 30 heavy (non-hydrogen) atoms. The number of aromatic nitrogens is 4. The van der Waals surface area contributed by atoms with Gasteiger partial charge in [0.25, 0.3) is 11.8 Å². The number of nitrogens with zero attached hydrogens (tertiary/aromatic N) is 4. The lowest BCUT2D eigenvalue weighted by Gasteiger charge is -2.11. The van der Waals surface area contributed by atoms with Crippen LogP contribution in [0, 0.1) is 6.92 Å². The summed E-state index contributed by atoms with van der Waals surface area (Å²) in [6.07, 6.45) is 1.71. The van der Waals surface area contributed by atoms with Gasteiger partial charge < -0.3 is 9.84 Å². The van der Waals surface area contributed by atoms with Gasteiger partial charge in [-0.2, -0.15) is 10.1 Å². The van der Waals surface area contributed by atoms with E-state index in [9.17, 15) is 4.79 Å². The Bertz CT molecular complexity index is 1210. The molecule has 0 radical (unpaired) electrons. The van der Waals surface area contributed by atoms with Crippen molar-refractivity contribution in [1.82, 2.24) is 19.9 Å². The molecule has 0 spiro atoms. The third-order valence-corrected chi connectivity index (χ3v) is 4.83. The fourth-order valence-electron chi connectivity index (χ4n) is 2.98. The number of nitrogens with one attached hydrogen (secondary N) is 1. The van der Waals surface area contributed by atoms with Crippen LogP contribution in [-0.2, 0) is 0 Å². The van der Waals surface area contributed by atoms with Crippen molar-refractivity contribution in [2.45, 2.75) is 26.7 Å². The van der Waals surface area contributed by atoms with Crippen LogP contribution in [0.5, 0.6) is 0 Å². The summed E-state index contributed by atoms with van der Waals surface area (Å²) in [7, 11) is 0. The van der Waals surface area contributed by atoms with Gasteiger partial charge in [0.2, 0.25) is 0 Å². The Hall–Kier alpha value is -3.45. The molecule has 0 unspecified atom stereocenters. The van der Waals surface area contributed by atoms with Crippen molar-refractivity contribution in [2.75, 3.05) is 5.32 Å². The summed E-state index contributed by atoms with van der Waals surface area (Å²) >= 11 is 6.05. The highest BCUT2D eigenvalue weighted by atomic mass is 35.5. The monoisotopic (exact) mass is 421 g/mol. The number of carbonyl (C=O) groups is 1. The molecule has 0 atom stereocenters. The van der Waals surface area contributed by atoms with E-state index in [4.69, 9.17) is 16.1 Å². The van der Waals surface area contributed by atoms with E-state index in [1.54, 1.807) is 29.1 Å². The average molecular weight is 422 g/mol. The Morgan fingerprint density at radius 3 is 2.70 bits per heavy atom. The highest BCUT2D eigenvalue weighted by Gasteiger charge is 2.19. The number of amides is 1. The molecule has 1 amide bonds. The first-order valence-electron chi connectivity index (χ1n) is 9.49. The smallest absolute Gasteiger partial charge is 0.276 e. The highest BCUT2D eigenvalue weighted by molar-refractivity contribution is 6.30. The molecule has 0 bridgehead atoms. The minimum Gasteiger partial charge on any atom is -0.334 e. The van der Waals surface area contributed by atoms with Gasteiger partial charge in [0.15, 0.2) is 11.5 Å². The Labute approximate surface area is 178 Å². The van der Waals surface area contributed by atoms with Gasteiger partial charge in [-0.05, 0) is 42.8 Å². The predicted molar refractivity (Wildman–Crippen MR) is 115 cm³/mol. The first-order valence-corrected chi connectivity index (χ1v) is 9.86. The number of hydrogen-bond donors (Lipinski definition) is 1. The van der Waals surface area contributed by atoms with Crippen molar-refractivity contribution < 1.29 is 9.32 Å². The average Bonchev–Trinajstić information content (AvgIpc) is 3.40. The van der Waals surface area contributed by atoms with Gasteiger partial charge in [-0.1, -0.05) is 48.8 Å². The van der Waals surface area contributed by atoms with Crippen LogP contribution in [0.4, 0.5) is 5.69 Å². The van der Waals surface area contributed by atoms with Crippen molar-refractivity contribution in [3.05, 3.63) is 76.8 Å². The van der Waals surface area contributed by atoms with E-state index < -0.39 is 0 Å². The van der Waals surface area contributed by atoms with E-state index in [-0.39, 0.29) is 17.5 Å². The van der Waals surface area contributed by atoms with Crippen molar-refractivity contribution in [3.63, 3.8) is 0 Å². The summed E-state index contributed by atoms with van der Waals surface area (Å²) in [5.74, 6) is 0.780. The van der Waals surface area contributed by atoms with E-state index in [2.05, 4.69) is 20.6 Å². The minimum absolute atomic E-state index is 0.140. The molecule has 4 aromatic rings. The second-order valence-electron chi connectivity index (χ2n) is 7.19. The molecule has 2 aromatic carbocycles. The molecule has 0 aliphatic heterocycles. The molecule has 0 aliphatic rings. The maximum absolute atomic E-state index is 12.9. The number of para-hydroxylation sites is 1. The molecule has 152 valence electrons. The minimum atomic E-state index is -0.338. The summed E-state index contributed by atoms with van der Waals surface area (Å²) < 4.78 is 7.03. The summed E-state index contributed by atoms with van der Waals surface area (Å²) in [4.78, 5) is 17.3. The van der Waals surface area contributed by atoms with E-state index in [1.807, 2.05) is 51.1 Å². The van der Waals surface area contributed by atoms with Crippen LogP contribution in [0.25, 0.3) is 17.1 Å². The van der Waals surface area contributed by atoms with Gasteiger partial charge in [-0.3, -0.25) is 4.79 Å². The third-order valence-electron chi connectivity index (χ3n) is 4.59. The Balaban J connectivity index is 1.62. The Morgan fingerprint density at radius 1 is 1.17 bits per heavy atom. The molecule has 0 aliphatic carbocycles. The summed E-state index contributed by atoms with van der Waals surface area (Å²) in [5, 5.41) is 11.9. The van der Waals surface area contributed by atoms with Gasteiger partial charge in [0, 0.05) is 17.1 Å². The van der Waals surface area contributed by atoms with Crippen LogP contribution in [0.2, 0.25) is 5.02 Å². The van der Waals surface area contributed by atoms with Gasteiger partial charge in [0.05, 0.1) is 16.9 Å². The maximum Gasteiger partial charge on any atom is 0.276 e. The van der Waals surface area contributed by atoms with Gasteiger partial charge in [0.1, 0.15) is 0 Å². The number of carbonyl (C=O) groups excluding carboxylic acids is 1. The van der Waals surface area contributed by atoms with Crippen molar-refractivity contribution in [3.8, 4) is 17.1 Å². The van der Waals surface area contributed by atoms with Gasteiger partial charge in [-0.25, -0.2) is 4.68 Å². The number of halogens is 1. The molecule has 4 rings (SSSR count). The topological polar surface area (TPSA) is 85.8 Å². The first kappa shape index (κ1) is 19.8. The Morgan fingerprint density at radius 2 is 1.97 bits per heavy atom. The van der Waals surface area contributed by atoms with Crippen LogP contribution in [-0.4, -0.2) is 25.8 Å². The third kappa shape index (κ3) is 3.97. The van der Waals surface area contributed by atoms with Gasteiger partial charge >= 0.3 is 0 Å². The molecule has 1 N–H and O–H groups in total. The lowest BCUT2D eigenvalue weighted by atomic mass is 10.1. The quantitative estimate of drug-likeness (QED) is 0.475. The standard InChI is InChI=1S/C22H20ClN5O2/c1-13(2)20-25-22(30-27-20)17-9-4-6-14(3)19(17)24-21(29)18-10-11-28(26-18)16-8-5-7-15(23)12-16/h4-13H,1-3H3,(H,24,29). The lowest BCUT2D eigenvalue weighted by molar-refractivity contribution is 0.102. The second kappa shape index (κ2) is 8.12. The maximum atomic E-state index is 12.9. The molecular formula is C22H20ClN5O2. The second-order valence-corrected chi connectivity index (χ2v) is 7.63. The van der Waals surface area contributed by atoms with Crippen molar-refractivity contribution in [1.29, 1.82) is 0 Å². The fraction of sp³-hybridized carbons (Fsp3) is 0.182. The SMILES string of the molecule is Cc1cccc(-c2nc(C(C)C)no2)c1NC(=O)c1ccn(-c2cccc(Cl)c2)n1. The molecule has 2 aromatic heterocycles. The molecular weight excluding hydrogens is 402 g/mol. The zero-order valence-corrected chi connectivity index (χ0v) is 17.5. The van der Waals surface area contributed by atoms with Gasteiger partial charge in [-0.15, -0.1) is 0 Å². The predicted octanol–water partition coefficient (Wildman–Crippen LogP) is 5.26. The highest BCUT2D eigenvalue weighted by Crippen LogP contribution is 2.31. The van der Waals surface area contributed by atoms with Crippen LogP contribution >= 0.6 is 11.6 Å². The number of benzene rings is 2. The van der Waals surface area contributed by atoms with E-state index in [1.165, 1.54) is 0 Å². The van der Waals surface area contributed by atoms with Crippen molar-refractivity contribution in [2.24, 2.45) is 0 Å². The lowest BCUT2D eigenvalue weighted by Crippen LogP contribution is -2.15. The number of anilines is 1. The number of rotatable bonds is 5. The largest absolute Gasteiger partial charge is 0.334 e. The summed E-state index contributed by atoms with van der Waals surface area (Å²) in [5.41, 5.74) is 3.19. The fourth-order valence-corrected chi connectivity index (χ4v) is 3.16. The van der Waals surface area contributed by atoms with E-state index >= 15 is 0 Å². The van der Waals surface area contributed by atoms with Crippen LogP contribution in [0.1, 0.15) is 41.6 Å². The molecule has 0 saturated heterocycles. The summed E-state index contributed by atoms with van der Waals surface area (Å²) in [6, 6.07) is 14.5. The molecule has 0 saturated carbocycles. The van der Waals surface area contributed by atoms with E-state index in [0.717, 1.165) is 11.3 Å². The molecule has 0 fully saturated rings. The normalized spacial score (nSPS) is 11.1. The first-order chi connectivity index (χ1) is 14.4. The molecule has 8 heteroatoms. The molecule has 2 heterocycles. The van der Waals surface area contributed by atoms with Crippen LogP contribution in [0.3, 0.4) is 0 Å².